The zero-order chi connectivity index (χ0) is 27.5. The number of nitrogens with zero attached hydrogens (tertiary/aromatic N) is 1. The van der Waals surface area contributed by atoms with Crippen molar-refractivity contribution in [2.75, 3.05) is 5.32 Å². The summed E-state index contributed by atoms with van der Waals surface area (Å²) in [6.07, 6.45) is 1.78. The highest BCUT2D eigenvalue weighted by atomic mass is 35.5. The van der Waals surface area contributed by atoms with Crippen molar-refractivity contribution in [2.45, 2.75) is 71.3 Å². The highest BCUT2D eigenvalue weighted by Gasteiger charge is 2.37. The third-order valence-corrected chi connectivity index (χ3v) is 11.2. The molecule has 8 nitrogen and oxygen atoms in total. The maximum atomic E-state index is 13.8. The van der Waals surface area contributed by atoms with Crippen LogP contribution in [0, 0.1) is 0 Å². The van der Waals surface area contributed by atoms with Crippen molar-refractivity contribution in [3.63, 3.8) is 0 Å². The zero-order valence-corrected chi connectivity index (χ0v) is 24.1. The lowest BCUT2D eigenvalue weighted by molar-refractivity contribution is -0.115. The zero-order valence-electron chi connectivity index (χ0n) is 22.3. The average molecular weight is 544 g/mol. The van der Waals surface area contributed by atoms with E-state index in [-0.39, 0.29) is 40.9 Å². The molecule has 0 radical (unpaired) electrons. The van der Waals surface area contributed by atoms with E-state index in [2.05, 4.69) is 49.1 Å². The molecule has 3 rings (SSSR count). The number of rotatable bonds is 9. The van der Waals surface area contributed by atoms with E-state index in [1.807, 2.05) is 6.07 Å². The molecule has 0 aliphatic rings. The molecule has 1 amide bonds. The van der Waals surface area contributed by atoms with Gasteiger partial charge in [-0.15, -0.1) is 0 Å². The monoisotopic (exact) mass is 543 g/mol. The number of aromatic nitrogens is 2. The number of aromatic amines is 1. The van der Waals surface area contributed by atoms with Crippen molar-refractivity contribution in [3.05, 3.63) is 59.0 Å². The maximum absolute atomic E-state index is 13.8. The lowest BCUT2D eigenvalue weighted by Gasteiger charge is -2.36. The minimum Gasteiger partial charge on any atom is -0.443 e. The van der Waals surface area contributed by atoms with Crippen LogP contribution >= 0.6 is 11.6 Å². The molecule has 0 aliphatic carbocycles. The quantitative estimate of drug-likeness (QED) is 0.140. The second-order valence-electron chi connectivity index (χ2n) is 10.4. The molecule has 1 atom stereocenters. The van der Waals surface area contributed by atoms with Crippen LogP contribution in [0.15, 0.2) is 36.5 Å². The topological polar surface area (TPSA) is 110 Å². The van der Waals surface area contributed by atoms with E-state index in [0.29, 0.717) is 22.2 Å². The van der Waals surface area contributed by atoms with Gasteiger partial charge in [0.2, 0.25) is 11.7 Å². The van der Waals surface area contributed by atoms with Gasteiger partial charge in [-0.3, -0.25) is 14.6 Å². The first-order chi connectivity index (χ1) is 17.2. The molecular formula is C27H34ClN3O5Si. The molecule has 1 aromatic carbocycles. The first kappa shape index (κ1) is 28.6. The van der Waals surface area contributed by atoms with Gasteiger partial charge in [0.25, 0.3) is 0 Å². The van der Waals surface area contributed by atoms with Crippen molar-refractivity contribution < 1.29 is 23.5 Å². The molecule has 2 N–H and O–H groups in total. The summed E-state index contributed by atoms with van der Waals surface area (Å²) in [6, 6.07) is 8.37. The number of carbonyl (C=O) groups is 3. The number of carbonyl (C=O) groups excluding carboxylic acids is 3. The predicted molar refractivity (Wildman–Crippen MR) is 148 cm³/mol. The van der Waals surface area contributed by atoms with E-state index in [4.69, 9.17) is 20.8 Å². The third kappa shape index (κ3) is 6.47. The number of hydrogen-bond acceptors (Lipinski definition) is 6. The maximum Gasteiger partial charge on any atom is 0.339 e. The Labute approximate surface area is 223 Å². The molecular weight excluding hydrogens is 510 g/mol. The number of pyridine rings is 1. The Morgan fingerprint density at radius 3 is 2.51 bits per heavy atom. The Morgan fingerprint density at radius 2 is 1.89 bits per heavy atom. The van der Waals surface area contributed by atoms with Crippen molar-refractivity contribution in [1.29, 1.82) is 0 Å². The summed E-state index contributed by atoms with van der Waals surface area (Å²) in [6.45, 7) is 14.3. The number of benzene rings is 1. The van der Waals surface area contributed by atoms with Crippen LogP contribution in [-0.2, 0) is 20.6 Å². The van der Waals surface area contributed by atoms with Crippen LogP contribution in [0.4, 0.5) is 5.69 Å². The summed E-state index contributed by atoms with van der Waals surface area (Å²) in [5.74, 6) is -1.24. The Hall–Kier alpha value is -3.01. The van der Waals surface area contributed by atoms with Crippen molar-refractivity contribution in [1.82, 2.24) is 9.97 Å². The van der Waals surface area contributed by atoms with Crippen LogP contribution in [0.25, 0.3) is 10.9 Å². The first-order valence-electron chi connectivity index (χ1n) is 12.2. The molecule has 0 aliphatic heterocycles. The molecule has 10 heteroatoms. The van der Waals surface area contributed by atoms with E-state index in [9.17, 15) is 14.4 Å². The summed E-state index contributed by atoms with van der Waals surface area (Å²) in [4.78, 5) is 46.0. The minimum atomic E-state index is -2.07. The number of alkyl halides is 1. The number of esters is 1. The average Bonchev–Trinajstić information content (AvgIpc) is 3.18. The number of halogens is 1. The normalized spacial score (nSPS) is 12.9. The number of ketones is 1. The molecule has 0 saturated carbocycles. The van der Waals surface area contributed by atoms with Crippen molar-refractivity contribution >= 4 is 54.2 Å². The number of nitrogens with one attached hydrogen (secondary N) is 2. The highest BCUT2D eigenvalue weighted by molar-refractivity contribution is 6.74. The first-order valence-corrected chi connectivity index (χ1v) is 15.5. The molecule has 2 aromatic heterocycles. The van der Waals surface area contributed by atoms with Gasteiger partial charge in [-0.2, -0.15) is 0 Å². The van der Waals surface area contributed by atoms with Crippen LogP contribution in [0.5, 0.6) is 0 Å². The third-order valence-electron chi connectivity index (χ3n) is 6.62. The smallest absolute Gasteiger partial charge is 0.339 e. The number of hydrogen-bond donors (Lipinski definition) is 2. The Morgan fingerprint density at radius 1 is 1.19 bits per heavy atom. The van der Waals surface area contributed by atoms with E-state index < -0.39 is 25.6 Å². The second kappa shape index (κ2) is 11.2. The fourth-order valence-corrected chi connectivity index (χ4v) is 4.45. The molecule has 2 heterocycles. The van der Waals surface area contributed by atoms with Gasteiger partial charge < -0.3 is 19.5 Å². The minimum absolute atomic E-state index is 0.00821. The Kier molecular flexibility index (Phi) is 8.62. The van der Waals surface area contributed by atoms with E-state index in [0.717, 1.165) is 0 Å². The number of anilines is 1. The van der Waals surface area contributed by atoms with Gasteiger partial charge in [0, 0.05) is 29.1 Å². The summed E-state index contributed by atoms with van der Waals surface area (Å²) in [5, 5.41) is 3.42. The largest absolute Gasteiger partial charge is 0.443 e. The van der Waals surface area contributed by atoms with Gasteiger partial charge in [0.05, 0.1) is 17.9 Å². The molecule has 198 valence electrons. The van der Waals surface area contributed by atoms with Gasteiger partial charge in [0.1, 0.15) is 11.4 Å². The van der Waals surface area contributed by atoms with Gasteiger partial charge in [0.15, 0.2) is 13.9 Å². The number of amides is 1. The predicted octanol–water partition coefficient (Wildman–Crippen LogP) is 6.41. The van der Waals surface area contributed by atoms with Gasteiger partial charge in [-0.25, -0.2) is 4.79 Å². The lowest BCUT2D eigenvalue weighted by Crippen LogP contribution is -2.40. The SMILES string of the molecule is CCC(=O)Nc1c(C(=O)c2ncccc2CO[Si](C)(C)C(C)(C)C)[nH]c2cc(C(=O)OC(C)Cl)ccc12. The van der Waals surface area contributed by atoms with Crippen LogP contribution in [0.1, 0.15) is 73.1 Å². The van der Waals surface area contributed by atoms with Gasteiger partial charge in [-0.05, 0) is 49.3 Å². The summed E-state index contributed by atoms with van der Waals surface area (Å²) >= 11 is 5.79. The van der Waals surface area contributed by atoms with Crippen LogP contribution in [0.3, 0.4) is 0 Å². The number of H-pyrrole nitrogens is 1. The summed E-state index contributed by atoms with van der Waals surface area (Å²) in [7, 11) is -2.07. The number of fused-ring (bicyclic) bond motifs is 1. The molecule has 3 aromatic rings. The fraction of sp³-hybridized carbons (Fsp3) is 0.407. The molecule has 0 bridgehead atoms. The Balaban J connectivity index is 2.06. The highest BCUT2D eigenvalue weighted by Crippen LogP contribution is 2.37. The molecule has 0 saturated heterocycles. The van der Waals surface area contributed by atoms with E-state index in [1.54, 1.807) is 44.3 Å². The summed E-state index contributed by atoms with van der Waals surface area (Å²) < 4.78 is 11.4. The summed E-state index contributed by atoms with van der Waals surface area (Å²) in [5.41, 5.74) is 1.34. The van der Waals surface area contributed by atoms with Crippen LogP contribution < -0.4 is 5.32 Å². The number of ether oxygens (including phenoxy) is 1. The van der Waals surface area contributed by atoms with Gasteiger partial charge in [-0.1, -0.05) is 45.4 Å². The van der Waals surface area contributed by atoms with E-state index in [1.165, 1.54) is 0 Å². The van der Waals surface area contributed by atoms with Crippen molar-refractivity contribution in [3.8, 4) is 0 Å². The van der Waals surface area contributed by atoms with Crippen molar-refractivity contribution in [2.24, 2.45) is 0 Å². The fourth-order valence-electron chi connectivity index (χ4n) is 3.42. The molecule has 37 heavy (non-hydrogen) atoms. The standard InChI is InChI=1S/C27H34ClN3O5Si/c1-8-21(32)31-23-19-12-11-17(26(34)36-16(2)28)14-20(19)30-24(23)25(33)22-18(10-9-13-29-22)15-35-37(6,7)27(3,4)5/h9-14,16,30H,8,15H2,1-7H3,(H,31,32). The van der Waals surface area contributed by atoms with E-state index >= 15 is 0 Å². The Bertz CT molecular complexity index is 1330. The molecule has 0 fully saturated rings. The van der Waals surface area contributed by atoms with Gasteiger partial charge >= 0.3 is 5.97 Å². The van der Waals surface area contributed by atoms with Crippen LogP contribution in [0.2, 0.25) is 18.1 Å². The second-order valence-corrected chi connectivity index (χ2v) is 15.8. The lowest BCUT2D eigenvalue weighted by atomic mass is 10.1. The van der Waals surface area contributed by atoms with Crippen LogP contribution in [-0.4, -0.2) is 41.5 Å². The molecule has 0 spiro atoms. The molecule has 1 unspecified atom stereocenters.